The second-order valence-electron chi connectivity index (χ2n) is 4.63. The lowest BCUT2D eigenvalue weighted by Gasteiger charge is -2.06. The van der Waals surface area contributed by atoms with Crippen molar-refractivity contribution in [2.24, 2.45) is 0 Å². The molecule has 1 amide bonds. The smallest absolute Gasteiger partial charge is 0.301 e. The van der Waals surface area contributed by atoms with Crippen molar-refractivity contribution in [3.05, 3.63) is 68.4 Å². The molecule has 0 aliphatic heterocycles. The zero-order valence-corrected chi connectivity index (χ0v) is 14.4. The summed E-state index contributed by atoms with van der Waals surface area (Å²) in [6.45, 7) is 0. The van der Waals surface area contributed by atoms with E-state index in [-0.39, 0.29) is 16.0 Å². The highest BCUT2D eigenvalue weighted by Crippen LogP contribution is 2.24. The Labute approximate surface area is 148 Å². The van der Waals surface area contributed by atoms with E-state index >= 15 is 0 Å². The van der Waals surface area contributed by atoms with Crippen molar-refractivity contribution in [2.45, 2.75) is 0 Å². The fraction of sp³-hybridized carbons (Fsp3) is 0. The predicted octanol–water partition coefficient (Wildman–Crippen LogP) is 4.13. The zero-order valence-electron chi connectivity index (χ0n) is 12.0. The Bertz CT molecular complexity index is 898. The summed E-state index contributed by atoms with van der Waals surface area (Å²) in [4.78, 5) is 30.5. The van der Waals surface area contributed by atoms with Gasteiger partial charge in [-0.05, 0) is 46.3 Å². The maximum atomic E-state index is 12.2. The molecule has 0 radical (unpaired) electrons. The standard InChI is InChI=1S/C15H9BrN4O3S/c16-13-12(20(22)23)6-5-11(19-13)14(21)18-10-3-1-9(2-4-10)15-17-7-8-24-15/h1-8H,(H,18,21). The lowest BCUT2D eigenvalue weighted by Crippen LogP contribution is -2.14. The first-order valence-corrected chi connectivity index (χ1v) is 8.34. The molecule has 2 aromatic heterocycles. The Kier molecular flexibility index (Phi) is 4.63. The van der Waals surface area contributed by atoms with Gasteiger partial charge >= 0.3 is 5.69 Å². The van der Waals surface area contributed by atoms with E-state index in [0.717, 1.165) is 10.6 Å². The first kappa shape index (κ1) is 16.2. The normalized spacial score (nSPS) is 10.4. The number of nitrogens with zero attached hydrogens (tertiary/aromatic N) is 3. The van der Waals surface area contributed by atoms with Gasteiger partial charge in [-0.3, -0.25) is 14.9 Å². The Morgan fingerprint density at radius 3 is 2.54 bits per heavy atom. The van der Waals surface area contributed by atoms with Crippen LogP contribution in [0.25, 0.3) is 10.6 Å². The van der Waals surface area contributed by atoms with Crippen LogP contribution in [0.1, 0.15) is 10.5 Å². The Hall–Kier alpha value is -2.65. The molecule has 0 atom stereocenters. The molecule has 0 aliphatic carbocycles. The van der Waals surface area contributed by atoms with Crippen molar-refractivity contribution in [2.75, 3.05) is 5.32 Å². The number of hydrogen-bond acceptors (Lipinski definition) is 6. The molecule has 0 fully saturated rings. The van der Waals surface area contributed by atoms with Crippen molar-refractivity contribution in [1.29, 1.82) is 0 Å². The molecule has 0 bridgehead atoms. The predicted molar refractivity (Wildman–Crippen MR) is 94.1 cm³/mol. The van der Waals surface area contributed by atoms with E-state index in [0.29, 0.717) is 5.69 Å². The van der Waals surface area contributed by atoms with E-state index in [4.69, 9.17) is 0 Å². The van der Waals surface area contributed by atoms with Crippen LogP contribution in [0.4, 0.5) is 11.4 Å². The van der Waals surface area contributed by atoms with Crippen molar-refractivity contribution in [3.8, 4) is 10.6 Å². The van der Waals surface area contributed by atoms with E-state index in [1.807, 2.05) is 17.5 Å². The zero-order chi connectivity index (χ0) is 17.1. The molecule has 2 heterocycles. The number of pyridine rings is 1. The van der Waals surface area contributed by atoms with Gasteiger partial charge in [-0.1, -0.05) is 0 Å². The highest BCUT2D eigenvalue weighted by atomic mass is 79.9. The molecule has 24 heavy (non-hydrogen) atoms. The molecule has 9 heteroatoms. The number of halogens is 1. The molecule has 0 unspecified atom stereocenters. The number of aromatic nitrogens is 2. The molecule has 0 aliphatic rings. The number of rotatable bonds is 4. The number of hydrogen-bond donors (Lipinski definition) is 1. The van der Waals surface area contributed by atoms with Crippen LogP contribution in [0.5, 0.6) is 0 Å². The topological polar surface area (TPSA) is 98.0 Å². The summed E-state index contributed by atoms with van der Waals surface area (Å²) in [6, 6.07) is 9.77. The molecule has 1 aromatic carbocycles. The van der Waals surface area contributed by atoms with Crippen LogP contribution >= 0.6 is 27.3 Å². The van der Waals surface area contributed by atoms with Crippen LogP contribution in [0, 0.1) is 10.1 Å². The molecule has 120 valence electrons. The third-order valence-electron chi connectivity index (χ3n) is 3.08. The minimum absolute atomic E-state index is 0.0132. The van der Waals surface area contributed by atoms with Gasteiger partial charge in [0, 0.05) is 28.9 Å². The number of benzene rings is 1. The van der Waals surface area contributed by atoms with Crippen LogP contribution < -0.4 is 5.32 Å². The van der Waals surface area contributed by atoms with Crippen molar-refractivity contribution in [3.63, 3.8) is 0 Å². The Balaban J connectivity index is 1.75. The number of carbonyl (C=O) groups excluding carboxylic acids is 1. The lowest BCUT2D eigenvalue weighted by atomic mass is 10.2. The lowest BCUT2D eigenvalue weighted by molar-refractivity contribution is -0.386. The summed E-state index contributed by atoms with van der Waals surface area (Å²) < 4.78 is 0.0132. The number of anilines is 1. The molecule has 3 aromatic rings. The maximum absolute atomic E-state index is 12.2. The molecular formula is C15H9BrN4O3S. The molecule has 0 spiro atoms. The van der Waals surface area contributed by atoms with E-state index in [1.165, 1.54) is 23.5 Å². The molecule has 1 N–H and O–H groups in total. The van der Waals surface area contributed by atoms with Crippen molar-refractivity contribution >= 4 is 44.5 Å². The third-order valence-corrected chi connectivity index (χ3v) is 4.49. The summed E-state index contributed by atoms with van der Waals surface area (Å²) in [5, 5.41) is 16.2. The fourth-order valence-corrected chi connectivity index (χ4v) is 3.06. The van der Waals surface area contributed by atoms with Gasteiger partial charge in [-0.15, -0.1) is 11.3 Å². The Morgan fingerprint density at radius 2 is 1.96 bits per heavy atom. The van der Waals surface area contributed by atoms with Gasteiger partial charge in [0.15, 0.2) is 4.60 Å². The van der Waals surface area contributed by atoms with Gasteiger partial charge in [-0.25, -0.2) is 9.97 Å². The van der Waals surface area contributed by atoms with Crippen molar-refractivity contribution in [1.82, 2.24) is 9.97 Å². The van der Waals surface area contributed by atoms with Crippen LogP contribution in [0.15, 0.2) is 52.6 Å². The molecule has 3 rings (SSSR count). The van der Waals surface area contributed by atoms with Gasteiger partial charge < -0.3 is 5.32 Å². The summed E-state index contributed by atoms with van der Waals surface area (Å²) in [5.74, 6) is -0.451. The summed E-state index contributed by atoms with van der Waals surface area (Å²) in [7, 11) is 0. The van der Waals surface area contributed by atoms with Crippen LogP contribution in [0.3, 0.4) is 0 Å². The SMILES string of the molecule is O=C(Nc1ccc(-c2nccs2)cc1)c1ccc([N+](=O)[O-])c(Br)n1. The van der Waals surface area contributed by atoms with Gasteiger partial charge in [0.1, 0.15) is 10.7 Å². The monoisotopic (exact) mass is 404 g/mol. The van der Waals surface area contributed by atoms with Gasteiger partial charge in [0.05, 0.1) is 4.92 Å². The van der Waals surface area contributed by atoms with Gasteiger partial charge in [0.2, 0.25) is 0 Å². The first-order chi connectivity index (χ1) is 11.5. The first-order valence-electron chi connectivity index (χ1n) is 6.67. The van der Waals surface area contributed by atoms with Gasteiger partial charge in [-0.2, -0.15) is 0 Å². The number of amides is 1. The largest absolute Gasteiger partial charge is 0.321 e. The molecular weight excluding hydrogens is 396 g/mol. The Morgan fingerprint density at radius 1 is 1.21 bits per heavy atom. The number of nitrogens with one attached hydrogen (secondary N) is 1. The summed E-state index contributed by atoms with van der Waals surface area (Å²) in [6.07, 6.45) is 1.73. The average molecular weight is 405 g/mol. The van der Waals surface area contributed by atoms with Crippen LogP contribution in [-0.4, -0.2) is 20.8 Å². The molecule has 0 saturated carbocycles. The third kappa shape index (κ3) is 3.47. The van der Waals surface area contributed by atoms with E-state index in [9.17, 15) is 14.9 Å². The van der Waals surface area contributed by atoms with E-state index in [1.54, 1.807) is 18.3 Å². The van der Waals surface area contributed by atoms with Gasteiger partial charge in [0.25, 0.3) is 5.91 Å². The fourth-order valence-electron chi connectivity index (χ4n) is 1.95. The minimum Gasteiger partial charge on any atom is -0.321 e. The maximum Gasteiger partial charge on any atom is 0.301 e. The summed E-state index contributed by atoms with van der Waals surface area (Å²) in [5.41, 5.74) is 1.44. The number of thiazole rings is 1. The second kappa shape index (κ2) is 6.85. The van der Waals surface area contributed by atoms with Crippen molar-refractivity contribution < 1.29 is 9.72 Å². The number of nitro groups is 1. The highest BCUT2D eigenvalue weighted by Gasteiger charge is 2.16. The van der Waals surface area contributed by atoms with Crippen LogP contribution in [0.2, 0.25) is 0 Å². The summed E-state index contributed by atoms with van der Waals surface area (Å²) >= 11 is 4.52. The minimum atomic E-state index is -0.573. The average Bonchev–Trinajstić information content (AvgIpc) is 3.09. The van der Waals surface area contributed by atoms with E-state index in [2.05, 4.69) is 31.2 Å². The quantitative estimate of drug-likeness (QED) is 0.400. The highest BCUT2D eigenvalue weighted by molar-refractivity contribution is 9.10. The van der Waals surface area contributed by atoms with Crippen LogP contribution in [-0.2, 0) is 0 Å². The van der Waals surface area contributed by atoms with E-state index < -0.39 is 10.8 Å². The molecule has 0 saturated heterocycles. The molecule has 7 nitrogen and oxygen atoms in total. The number of carbonyl (C=O) groups is 1. The second-order valence-corrected chi connectivity index (χ2v) is 6.28.